The first-order chi connectivity index (χ1) is 12.5. The second kappa shape index (κ2) is 7.86. The molecule has 1 aliphatic rings. The third-order valence-electron chi connectivity index (χ3n) is 4.50. The molecule has 2 aromatic carbocycles. The van der Waals surface area contributed by atoms with Crippen LogP contribution in [0.15, 0.2) is 48.5 Å². The number of aryl methyl sites for hydroxylation is 1. The number of ether oxygens (including phenoxy) is 1. The van der Waals surface area contributed by atoms with E-state index in [-0.39, 0.29) is 18.2 Å². The van der Waals surface area contributed by atoms with Crippen molar-refractivity contribution in [3.8, 4) is 5.75 Å². The van der Waals surface area contributed by atoms with Crippen LogP contribution < -0.4 is 9.64 Å². The largest absolute Gasteiger partial charge is 0.484 e. The average molecular weight is 355 g/mol. The topological polar surface area (TPSA) is 75.9 Å². The highest BCUT2D eigenvalue weighted by molar-refractivity contribution is 5.78. The number of nitro benzene ring substituents is 1. The molecule has 1 fully saturated rings. The quantitative estimate of drug-likeness (QED) is 0.609. The SMILES string of the molecule is Cc1ccccc1N1CCN(C(=O)COc2ccc([N+](=O)[O-])cc2)CC1. The van der Waals surface area contributed by atoms with Gasteiger partial charge in [0.15, 0.2) is 6.61 Å². The summed E-state index contributed by atoms with van der Waals surface area (Å²) in [4.78, 5) is 26.6. The number of hydrogen-bond donors (Lipinski definition) is 0. The van der Waals surface area contributed by atoms with Gasteiger partial charge in [0, 0.05) is 44.0 Å². The summed E-state index contributed by atoms with van der Waals surface area (Å²) < 4.78 is 5.46. The van der Waals surface area contributed by atoms with Gasteiger partial charge in [-0.15, -0.1) is 0 Å². The molecule has 1 heterocycles. The Kier molecular flexibility index (Phi) is 5.36. The van der Waals surface area contributed by atoms with Gasteiger partial charge in [0.05, 0.1) is 4.92 Å². The van der Waals surface area contributed by atoms with E-state index in [0.29, 0.717) is 18.8 Å². The van der Waals surface area contributed by atoms with Gasteiger partial charge in [0.2, 0.25) is 0 Å². The van der Waals surface area contributed by atoms with E-state index in [1.807, 2.05) is 12.1 Å². The van der Waals surface area contributed by atoms with Gasteiger partial charge in [-0.3, -0.25) is 14.9 Å². The number of carbonyl (C=O) groups is 1. The molecule has 136 valence electrons. The van der Waals surface area contributed by atoms with Crippen molar-refractivity contribution in [1.29, 1.82) is 0 Å². The predicted molar refractivity (Wildman–Crippen MR) is 98.6 cm³/mol. The number of anilines is 1. The van der Waals surface area contributed by atoms with Crippen molar-refractivity contribution < 1.29 is 14.5 Å². The molecule has 2 aromatic rings. The van der Waals surface area contributed by atoms with Crippen LogP contribution in [0.4, 0.5) is 11.4 Å². The molecule has 0 aromatic heterocycles. The number of rotatable bonds is 5. The molecule has 7 heteroatoms. The first kappa shape index (κ1) is 17.7. The van der Waals surface area contributed by atoms with Gasteiger partial charge >= 0.3 is 0 Å². The first-order valence-electron chi connectivity index (χ1n) is 8.50. The van der Waals surface area contributed by atoms with Gasteiger partial charge in [0.25, 0.3) is 11.6 Å². The van der Waals surface area contributed by atoms with Crippen molar-refractivity contribution in [3.05, 3.63) is 64.2 Å². The molecule has 0 spiro atoms. The molecule has 0 bridgehead atoms. The number of nitro groups is 1. The van der Waals surface area contributed by atoms with Crippen molar-refractivity contribution in [2.45, 2.75) is 6.92 Å². The molecule has 26 heavy (non-hydrogen) atoms. The maximum Gasteiger partial charge on any atom is 0.269 e. The Hall–Kier alpha value is -3.09. The van der Waals surface area contributed by atoms with Crippen LogP contribution in [0.5, 0.6) is 5.75 Å². The van der Waals surface area contributed by atoms with Crippen molar-refractivity contribution in [1.82, 2.24) is 4.90 Å². The predicted octanol–water partition coefficient (Wildman–Crippen LogP) is 2.63. The molecular formula is C19H21N3O4. The lowest BCUT2D eigenvalue weighted by Gasteiger charge is -2.36. The number of amides is 1. The van der Waals surface area contributed by atoms with Gasteiger partial charge in [-0.2, -0.15) is 0 Å². The zero-order valence-electron chi connectivity index (χ0n) is 14.6. The van der Waals surface area contributed by atoms with E-state index in [2.05, 4.69) is 24.0 Å². The second-order valence-corrected chi connectivity index (χ2v) is 6.19. The average Bonchev–Trinajstić information content (AvgIpc) is 2.67. The number of non-ortho nitro benzene ring substituents is 1. The lowest BCUT2D eigenvalue weighted by Crippen LogP contribution is -2.50. The summed E-state index contributed by atoms with van der Waals surface area (Å²) in [5, 5.41) is 10.6. The van der Waals surface area contributed by atoms with Crippen LogP contribution in [0.25, 0.3) is 0 Å². The minimum Gasteiger partial charge on any atom is -0.484 e. The van der Waals surface area contributed by atoms with Crippen LogP contribution in [0.3, 0.4) is 0 Å². The summed E-state index contributed by atoms with van der Waals surface area (Å²) in [6, 6.07) is 14.0. The summed E-state index contributed by atoms with van der Waals surface area (Å²) in [5.74, 6) is 0.371. The molecule has 0 atom stereocenters. The minimum atomic E-state index is -0.469. The standard InChI is InChI=1S/C19H21N3O4/c1-15-4-2-3-5-18(15)20-10-12-21(13-11-20)19(23)14-26-17-8-6-16(7-9-17)22(24)25/h2-9H,10-14H2,1H3. The van der Waals surface area contributed by atoms with E-state index >= 15 is 0 Å². The fraction of sp³-hybridized carbons (Fsp3) is 0.316. The lowest BCUT2D eigenvalue weighted by molar-refractivity contribution is -0.384. The Morgan fingerprint density at radius 1 is 1.08 bits per heavy atom. The first-order valence-corrected chi connectivity index (χ1v) is 8.50. The van der Waals surface area contributed by atoms with Crippen molar-refractivity contribution >= 4 is 17.3 Å². The maximum atomic E-state index is 12.3. The van der Waals surface area contributed by atoms with E-state index in [4.69, 9.17) is 4.74 Å². The lowest BCUT2D eigenvalue weighted by atomic mass is 10.1. The van der Waals surface area contributed by atoms with E-state index in [0.717, 1.165) is 13.1 Å². The molecule has 0 aliphatic carbocycles. The van der Waals surface area contributed by atoms with Crippen molar-refractivity contribution in [2.75, 3.05) is 37.7 Å². The van der Waals surface area contributed by atoms with Crippen molar-refractivity contribution in [3.63, 3.8) is 0 Å². The Balaban J connectivity index is 1.49. The van der Waals surface area contributed by atoms with Crippen LogP contribution in [0, 0.1) is 17.0 Å². The monoisotopic (exact) mass is 355 g/mol. The van der Waals surface area contributed by atoms with E-state index in [1.54, 1.807) is 4.90 Å². The molecule has 0 unspecified atom stereocenters. The van der Waals surface area contributed by atoms with Gasteiger partial charge in [-0.25, -0.2) is 0 Å². The van der Waals surface area contributed by atoms with Crippen LogP contribution in [-0.2, 0) is 4.79 Å². The van der Waals surface area contributed by atoms with Gasteiger partial charge < -0.3 is 14.5 Å². The highest BCUT2D eigenvalue weighted by Gasteiger charge is 2.22. The van der Waals surface area contributed by atoms with Crippen molar-refractivity contribution in [2.24, 2.45) is 0 Å². The molecular weight excluding hydrogens is 334 g/mol. The number of piperazine rings is 1. The smallest absolute Gasteiger partial charge is 0.269 e. The normalized spacial score (nSPS) is 14.2. The molecule has 0 saturated carbocycles. The van der Waals surface area contributed by atoms with E-state index < -0.39 is 4.92 Å². The Bertz CT molecular complexity index is 784. The highest BCUT2D eigenvalue weighted by Crippen LogP contribution is 2.21. The molecule has 1 saturated heterocycles. The molecule has 3 rings (SSSR count). The van der Waals surface area contributed by atoms with Crippen LogP contribution in [0.1, 0.15) is 5.56 Å². The fourth-order valence-corrected chi connectivity index (χ4v) is 3.02. The highest BCUT2D eigenvalue weighted by atomic mass is 16.6. The van der Waals surface area contributed by atoms with Crippen LogP contribution in [0.2, 0.25) is 0 Å². The number of benzene rings is 2. The van der Waals surface area contributed by atoms with Gasteiger partial charge in [0.1, 0.15) is 5.75 Å². The Labute approximate surface area is 151 Å². The number of hydrogen-bond acceptors (Lipinski definition) is 5. The number of nitrogens with zero attached hydrogens (tertiary/aromatic N) is 3. The molecule has 0 radical (unpaired) electrons. The zero-order chi connectivity index (χ0) is 18.5. The Morgan fingerprint density at radius 2 is 1.73 bits per heavy atom. The summed E-state index contributed by atoms with van der Waals surface area (Å²) in [5.41, 5.74) is 2.44. The maximum absolute atomic E-state index is 12.3. The fourth-order valence-electron chi connectivity index (χ4n) is 3.02. The van der Waals surface area contributed by atoms with E-state index in [1.165, 1.54) is 35.5 Å². The minimum absolute atomic E-state index is 0.00370. The summed E-state index contributed by atoms with van der Waals surface area (Å²) >= 11 is 0. The summed E-state index contributed by atoms with van der Waals surface area (Å²) in [7, 11) is 0. The summed E-state index contributed by atoms with van der Waals surface area (Å²) in [6.45, 7) is 4.89. The zero-order valence-corrected chi connectivity index (χ0v) is 14.6. The van der Waals surface area contributed by atoms with Crippen LogP contribution >= 0.6 is 0 Å². The third kappa shape index (κ3) is 4.11. The molecule has 1 aliphatic heterocycles. The Morgan fingerprint density at radius 3 is 2.35 bits per heavy atom. The van der Waals surface area contributed by atoms with Crippen LogP contribution in [-0.4, -0.2) is 48.5 Å². The van der Waals surface area contributed by atoms with Gasteiger partial charge in [-0.05, 0) is 30.7 Å². The number of carbonyl (C=O) groups excluding carboxylic acids is 1. The van der Waals surface area contributed by atoms with Gasteiger partial charge in [-0.1, -0.05) is 18.2 Å². The number of para-hydroxylation sites is 1. The second-order valence-electron chi connectivity index (χ2n) is 6.19. The summed E-state index contributed by atoms with van der Waals surface area (Å²) in [6.07, 6.45) is 0. The third-order valence-corrected chi connectivity index (χ3v) is 4.50. The molecule has 0 N–H and O–H groups in total. The molecule has 1 amide bonds. The molecule has 7 nitrogen and oxygen atoms in total. The van der Waals surface area contributed by atoms with E-state index in [9.17, 15) is 14.9 Å².